The zero-order valence-electron chi connectivity index (χ0n) is 20.3. The van der Waals surface area contributed by atoms with Gasteiger partial charge in [-0.2, -0.15) is 0 Å². The Kier molecular flexibility index (Phi) is 7.43. The molecular weight excluding hydrogens is 469 g/mol. The van der Waals surface area contributed by atoms with E-state index >= 15 is 4.39 Å². The Morgan fingerprint density at radius 2 is 1.85 bits per heavy atom. The van der Waals surface area contributed by atoms with Crippen LogP contribution in [0.5, 0.6) is 0 Å². The molecule has 1 aromatic heterocycles. The summed E-state index contributed by atoms with van der Waals surface area (Å²) in [6.45, 7) is 10.7. The third-order valence-electron chi connectivity index (χ3n) is 5.23. The largest absolute Gasteiger partial charge is 0.460 e. The van der Waals surface area contributed by atoms with E-state index in [2.05, 4.69) is 10.3 Å². The van der Waals surface area contributed by atoms with Crippen LogP contribution in [0.1, 0.15) is 70.3 Å². The van der Waals surface area contributed by atoms with E-state index < -0.39 is 29.0 Å². The molecule has 0 aliphatic carbocycles. The number of rotatable bonds is 4. The number of nitrogens with one attached hydrogen (secondary N) is 1. The standard InChI is InChI=1S/C23H31ClFN3O6/c1-22(2,3)33-15(29)9-12-11-32-8-7-14(12)26-19-17(25)13-10-28(21(31)34-23(4,5)6)20(30)16(13)18(24)27-19/h12,14H,7-11H2,1-6H3,(H,26,27)/t12-,14+/m0/s1. The maximum atomic E-state index is 15.4. The van der Waals surface area contributed by atoms with Crippen LogP contribution in [0, 0.1) is 11.7 Å². The molecule has 2 atom stereocenters. The number of halogens is 2. The number of hydrogen-bond acceptors (Lipinski definition) is 8. The van der Waals surface area contributed by atoms with E-state index in [0.717, 1.165) is 4.90 Å². The highest BCUT2D eigenvalue weighted by molar-refractivity contribution is 6.33. The summed E-state index contributed by atoms with van der Waals surface area (Å²) in [6.07, 6.45) is -0.299. The first kappa shape index (κ1) is 26.2. The van der Waals surface area contributed by atoms with Gasteiger partial charge in [-0.3, -0.25) is 9.59 Å². The summed E-state index contributed by atoms with van der Waals surface area (Å²) < 4.78 is 31.6. The van der Waals surface area contributed by atoms with Crippen molar-refractivity contribution >= 4 is 35.4 Å². The molecular formula is C23H31ClFN3O6. The van der Waals surface area contributed by atoms with Gasteiger partial charge in [-0.05, 0) is 48.0 Å². The monoisotopic (exact) mass is 499 g/mol. The van der Waals surface area contributed by atoms with Crippen molar-refractivity contribution in [1.29, 1.82) is 0 Å². The Morgan fingerprint density at radius 3 is 2.47 bits per heavy atom. The minimum atomic E-state index is -0.888. The predicted octanol–water partition coefficient (Wildman–Crippen LogP) is 4.31. The summed E-state index contributed by atoms with van der Waals surface area (Å²) in [4.78, 5) is 42.3. The minimum Gasteiger partial charge on any atom is -0.460 e. The summed E-state index contributed by atoms with van der Waals surface area (Å²) in [5.74, 6) is -2.35. The van der Waals surface area contributed by atoms with E-state index in [4.69, 9.17) is 25.8 Å². The molecule has 3 heterocycles. The first-order valence-electron chi connectivity index (χ1n) is 11.1. The summed E-state index contributed by atoms with van der Waals surface area (Å²) >= 11 is 6.24. The summed E-state index contributed by atoms with van der Waals surface area (Å²) in [5, 5.41) is 2.81. The van der Waals surface area contributed by atoms with Crippen molar-refractivity contribution < 1.29 is 33.0 Å². The number of aromatic nitrogens is 1. The number of amides is 2. The van der Waals surface area contributed by atoms with Gasteiger partial charge >= 0.3 is 12.1 Å². The van der Waals surface area contributed by atoms with E-state index in [-0.39, 0.29) is 53.0 Å². The van der Waals surface area contributed by atoms with Gasteiger partial charge < -0.3 is 19.5 Å². The summed E-state index contributed by atoms with van der Waals surface area (Å²) in [6, 6.07) is -0.337. The molecule has 2 amide bonds. The van der Waals surface area contributed by atoms with Crippen LogP contribution >= 0.6 is 11.6 Å². The molecule has 1 N–H and O–H groups in total. The van der Waals surface area contributed by atoms with Crippen LogP contribution in [0.4, 0.5) is 15.0 Å². The van der Waals surface area contributed by atoms with E-state index in [1.165, 1.54) is 0 Å². The van der Waals surface area contributed by atoms with Crippen LogP contribution in [0.25, 0.3) is 0 Å². The van der Waals surface area contributed by atoms with E-state index in [1.54, 1.807) is 41.5 Å². The molecule has 1 fully saturated rings. The molecule has 0 spiro atoms. The minimum absolute atomic E-state index is 0.0332. The number of fused-ring (bicyclic) bond motifs is 1. The van der Waals surface area contributed by atoms with Crippen LogP contribution in [0.3, 0.4) is 0 Å². The fraction of sp³-hybridized carbons (Fsp3) is 0.652. The summed E-state index contributed by atoms with van der Waals surface area (Å²) in [7, 11) is 0. The molecule has 9 nitrogen and oxygen atoms in total. The number of nitrogens with zero attached hydrogens (tertiary/aromatic N) is 2. The number of carbonyl (C=O) groups is 3. The van der Waals surface area contributed by atoms with E-state index in [0.29, 0.717) is 19.6 Å². The number of esters is 1. The lowest BCUT2D eigenvalue weighted by Crippen LogP contribution is -2.40. The number of carbonyl (C=O) groups excluding carboxylic acids is 3. The third kappa shape index (κ3) is 6.15. The molecule has 0 radical (unpaired) electrons. The van der Waals surface area contributed by atoms with Gasteiger partial charge in [-0.1, -0.05) is 11.6 Å². The average molecular weight is 500 g/mol. The lowest BCUT2D eigenvalue weighted by atomic mass is 9.92. The fourth-order valence-corrected chi connectivity index (χ4v) is 4.11. The van der Waals surface area contributed by atoms with Gasteiger partial charge in [0.1, 0.15) is 16.4 Å². The first-order valence-corrected chi connectivity index (χ1v) is 11.5. The van der Waals surface area contributed by atoms with Crippen molar-refractivity contribution in [2.24, 2.45) is 5.92 Å². The zero-order valence-corrected chi connectivity index (χ0v) is 21.0. The Hall–Kier alpha value is -2.46. The van der Waals surface area contributed by atoms with Crippen LogP contribution in [-0.4, -0.2) is 58.3 Å². The number of ether oxygens (including phenoxy) is 3. The molecule has 3 rings (SSSR count). The molecule has 188 valence electrons. The number of pyridine rings is 1. The van der Waals surface area contributed by atoms with Crippen molar-refractivity contribution in [2.75, 3.05) is 18.5 Å². The molecule has 2 aliphatic rings. The van der Waals surface area contributed by atoms with Crippen LogP contribution in [0.2, 0.25) is 5.15 Å². The molecule has 11 heteroatoms. The van der Waals surface area contributed by atoms with Gasteiger partial charge in [-0.15, -0.1) is 0 Å². The second-order valence-electron chi connectivity index (χ2n) is 10.5. The Bertz CT molecular complexity index is 988. The van der Waals surface area contributed by atoms with Crippen LogP contribution < -0.4 is 5.32 Å². The lowest BCUT2D eigenvalue weighted by Gasteiger charge is -2.33. The highest BCUT2D eigenvalue weighted by Crippen LogP contribution is 2.35. The van der Waals surface area contributed by atoms with Crippen molar-refractivity contribution in [3.63, 3.8) is 0 Å². The maximum Gasteiger partial charge on any atom is 0.417 e. The highest BCUT2D eigenvalue weighted by Gasteiger charge is 2.40. The predicted molar refractivity (Wildman–Crippen MR) is 122 cm³/mol. The SMILES string of the molecule is CC(C)(C)OC(=O)C[C@H]1COCC[C@H]1Nc1nc(Cl)c2c(c1F)CN(C(=O)OC(C)(C)C)C2=O. The van der Waals surface area contributed by atoms with Crippen LogP contribution in [0.15, 0.2) is 0 Å². The smallest absolute Gasteiger partial charge is 0.417 e. The maximum absolute atomic E-state index is 15.4. The quantitative estimate of drug-likeness (QED) is 0.482. The second kappa shape index (κ2) is 9.65. The Balaban J connectivity index is 1.80. The molecule has 0 saturated carbocycles. The van der Waals surface area contributed by atoms with Gasteiger partial charge in [0, 0.05) is 24.1 Å². The van der Waals surface area contributed by atoms with Crippen molar-refractivity contribution in [2.45, 2.75) is 78.2 Å². The molecule has 0 unspecified atom stereocenters. The van der Waals surface area contributed by atoms with Crippen molar-refractivity contribution in [3.05, 3.63) is 22.1 Å². The lowest BCUT2D eigenvalue weighted by molar-refractivity contribution is -0.157. The third-order valence-corrected chi connectivity index (χ3v) is 5.50. The molecule has 34 heavy (non-hydrogen) atoms. The van der Waals surface area contributed by atoms with E-state index in [1.807, 2.05) is 0 Å². The average Bonchev–Trinajstić information content (AvgIpc) is 3.03. The molecule has 2 aliphatic heterocycles. The molecule has 0 bridgehead atoms. The summed E-state index contributed by atoms with van der Waals surface area (Å²) in [5.41, 5.74) is -1.64. The van der Waals surface area contributed by atoms with Gasteiger partial charge in [0.2, 0.25) is 0 Å². The highest BCUT2D eigenvalue weighted by atomic mass is 35.5. The topological polar surface area (TPSA) is 107 Å². The zero-order chi connectivity index (χ0) is 25.4. The molecule has 0 aromatic carbocycles. The van der Waals surface area contributed by atoms with Crippen molar-refractivity contribution in [1.82, 2.24) is 9.88 Å². The van der Waals surface area contributed by atoms with Gasteiger partial charge in [0.05, 0.1) is 25.1 Å². The number of hydrogen-bond donors (Lipinski definition) is 1. The second-order valence-corrected chi connectivity index (χ2v) is 10.8. The number of imide groups is 1. The fourth-order valence-electron chi connectivity index (χ4n) is 3.83. The van der Waals surface area contributed by atoms with Gasteiger partial charge in [-0.25, -0.2) is 19.1 Å². The van der Waals surface area contributed by atoms with Gasteiger partial charge in [0.15, 0.2) is 11.6 Å². The van der Waals surface area contributed by atoms with Crippen LogP contribution in [-0.2, 0) is 25.5 Å². The van der Waals surface area contributed by atoms with E-state index in [9.17, 15) is 14.4 Å². The normalized spacial score (nSPS) is 20.7. The van der Waals surface area contributed by atoms with Gasteiger partial charge in [0.25, 0.3) is 5.91 Å². The number of anilines is 1. The Labute approximate surface area is 203 Å². The van der Waals surface area contributed by atoms with Crippen molar-refractivity contribution in [3.8, 4) is 0 Å². The molecule has 1 aromatic rings. The first-order chi connectivity index (χ1) is 15.7. The molecule has 1 saturated heterocycles. The Morgan fingerprint density at radius 1 is 1.21 bits per heavy atom.